The fourth-order valence-corrected chi connectivity index (χ4v) is 3.42. The number of aliphatic hydroxyl groups is 1. The van der Waals surface area contributed by atoms with Gasteiger partial charge in [0.15, 0.2) is 0 Å². The number of aryl methyl sites for hydroxylation is 1. The molecule has 0 saturated heterocycles. The number of pyridine rings is 1. The summed E-state index contributed by atoms with van der Waals surface area (Å²) in [7, 11) is 0. The number of fused-ring (bicyclic) bond motifs is 1. The summed E-state index contributed by atoms with van der Waals surface area (Å²) in [5.41, 5.74) is 1.16. The Hall–Kier alpha value is -1.65. The van der Waals surface area contributed by atoms with E-state index in [4.69, 9.17) is 9.84 Å². The van der Waals surface area contributed by atoms with Crippen LogP contribution in [0.25, 0.3) is 10.8 Å². The van der Waals surface area contributed by atoms with Crippen LogP contribution in [-0.2, 0) is 0 Å². The van der Waals surface area contributed by atoms with Crippen molar-refractivity contribution in [3.05, 3.63) is 36.2 Å². The molecule has 0 aliphatic heterocycles. The molecule has 2 N–H and O–H groups in total. The van der Waals surface area contributed by atoms with E-state index in [1.54, 1.807) is 0 Å². The topological polar surface area (TPSA) is 54.4 Å². The van der Waals surface area contributed by atoms with Gasteiger partial charge in [-0.05, 0) is 57.2 Å². The molecule has 1 saturated carbocycles. The summed E-state index contributed by atoms with van der Waals surface area (Å²) in [6, 6.07) is 6.77. The normalized spacial score (nSPS) is 21.5. The number of aromatic nitrogens is 1. The molecule has 1 fully saturated rings. The van der Waals surface area contributed by atoms with E-state index in [1.165, 1.54) is 5.39 Å². The molecule has 4 nitrogen and oxygen atoms in total. The van der Waals surface area contributed by atoms with Crippen molar-refractivity contribution in [3.8, 4) is 5.75 Å². The Bertz CT molecular complexity index is 631. The van der Waals surface area contributed by atoms with Crippen LogP contribution in [0.3, 0.4) is 0 Å². The first-order valence-corrected chi connectivity index (χ1v) is 8.62. The highest BCUT2D eigenvalue weighted by Gasteiger charge is 2.22. The van der Waals surface area contributed by atoms with E-state index in [-0.39, 0.29) is 6.61 Å². The molecule has 0 bridgehead atoms. The van der Waals surface area contributed by atoms with E-state index in [9.17, 15) is 0 Å². The van der Waals surface area contributed by atoms with Crippen LogP contribution in [0.2, 0.25) is 0 Å². The maximum atomic E-state index is 8.85. The van der Waals surface area contributed by atoms with E-state index in [1.807, 2.05) is 18.5 Å². The summed E-state index contributed by atoms with van der Waals surface area (Å²) in [6.45, 7) is 3.26. The zero-order chi connectivity index (χ0) is 16.1. The first-order valence-electron chi connectivity index (χ1n) is 8.62. The summed E-state index contributed by atoms with van der Waals surface area (Å²) < 4.78 is 6.33. The molecule has 1 heterocycles. The molecule has 0 amide bonds. The standard InChI is InChI=1S/C19H26N2O2/c1-14-12-20-13-15-4-2-5-18(19(14)15)23-17-8-6-16(7-9-17)21-10-3-11-22/h2,4-5,12-13,16-17,21-22H,3,6-11H2,1H3/t16-,17-. The van der Waals surface area contributed by atoms with Gasteiger partial charge in [0, 0.05) is 35.8 Å². The van der Waals surface area contributed by atoms with Crippen LogP contribution in [0.5, 0.6) is 5.75 Å². The van der Waals surface area contributed by atoms with E-state index in [2.05, 4.69) is 29.4 Å². The molecule has 0 spiro atoms. The van der Waals surface area contributed by atoms with Crippen LogP contribution >= 0.6 is 0 Å². The predicted molar refractivity (Wildman–Crippen MR) is 92.9 cm³/mol. The van der Waals surface area contributed by atoms with Crippen LogP contribution in [-0.4, -0.2) is 35.4 Å². The lowest BCUT2D eigenvalue weighted by atomic mass is 9.92. The predicted octanol–water partition coefficient (Wildman–Crippen LogP) is 3.21. The molecule has 1 aromatic heterocycles. The zero-order valence-electron chi connectivity index (χ0n) is 13.8. The number of nitrogens with zero attached hydrogens (tertiary/aromatic N) is 1. The van der Waals surface area contributed by atoms with Crippen molar-refractivity contribution in [2.75, 3.05) is 13.2 Å². The molecular weight excluding hydrogens is 288 g/mol. The summed E-state index contributed by atoms with van der Waals surface area (Å²) >= 11 is 0. The quantitative estimate of drug-likeness (QED) is 0.804. The Labute approximate surface area is 137 Å². The van der Waals surface area contributed by atoms with Crippen molar-refractivity contribution >= 4 is 10.8 Å². The second kappa shape index (κ2) is 7.75. The Balaban J connectivity index is 1.61. The number of ether oxygens (including phenoxy) is 1. The molecule has 1 aliphatic carbocycles. The van der Waals surface area contributed by atoms with Crippen molar-refractivity contribution in [1.29, 1.82) is 0 Å². The number of rotatable bonds is 6. The van der Waals surface area contributed by atoms with E-state index >= 15 is 0 Å². The molecule has 0 radical (unpaired) electrons. The van der Waals surface area contributed by atoms with Crippen LogP contribution in [0, 0.1) is 6.92 Å². The van der Waals surface area contributed by atoms with Crippen molar-refractivity contribution in [3.63, 3.8) is 0 Å². The smallest absolute Gasteiger partial charge is 0.127 e. The highest BCUT2D eigenvalue weighted by Crippen LogP contribution is 2.31. The van der Waals surface area contributed by atoms with Crippen LogP contribution < -0.4 is 10.1 Å². The third kappa shape index (κ3) is 4.01. The first-order chi connectivity index (χ1) is 11.3. The Morgan fingerprint density at radius 1 is 1.22 bits per heavy atom. The first kappa shape index (κ1) is 16.2. The average Bonchev–Trinajstić information content (AvgIpc) is 2.57. The van der Waals surface area contributed by atoms with Gasteiger partial charge in [0.1, 0.15) is 5.75 Å². The van der Waals surface area contributed by atoms with Gasteiger partial charge in [0.2, 0.25) is 0 Å². The van der Waals surface area contributed by atoms with Gasteiger partial charge in [-0.1, -0.05) is 12.1 Å². The SMILES string of the molecule is Cc1cncc2cccc(O[C@H]3CC[C@H](NCCCO)CC3)c12. The van der Waals surface area contributed by atoms with Crippen LogP contribution in [0.1, 0.15) is 37.7 Å². The number of aliphatic hydroxyl groups excluding tert-OH is 1. The third-order valence-electron chi connectivity index (χ3n) is 4.67. The van der Waals surface area contributed by atoms with Crippen LogP contribution in [0.15, 0.2) is 30.6 Å². The molecular formula is C19H26N2O2. The highest BCUT2D eigenvalue weighted by molar-refractivity contribution is 5.90. The van der Waals surface area contributed by atoms with Crippen LogP contribution in [0.4, 0.5) is 0 Å². The molecule has 0 unspecified atom stereocenters. The number of hydrogen-bond acceptors (Lipinski definition) is 4. The number of hydrogen-bond donors (Lipinski definition) is 2. The van der Waals surface area contributed by atoms with Crippen molar-refractivity contribution < 1.29 is 9.84 Å². The van der Waals surface area contributed by atoms with Gasteiger partial charge in [-0.3, -0.25) is 4.98 Å². The van der Waals surface area contributed by atoms with E-state index < -0.39 is 0 Å². The Morgan fingerprint density at radius 2 is 2.04 bits per heavy atom. The minimum absolute atomic E-state index is 0.265. The van der Waals surface area contributed by atoms with E-state index in [0.29, 0.717) is 12.1 Å². The second-order valence-electron chi connectivity index (χ2n) is 6.43. The molecule has 3 rings (SSSR count). The maximum absolute atomic E-state index is 8.85. The van der Waals surface area contributed by atoms with Crippen molar-refractivity contribution in [2.24, 2.45) is 0 Å². The van der Waals surface area contributed by atoms with Gasteiger partial charge in [-0.2, -0.15) is 0 Å². The molecule has 124 valence electrons. The lowest BCUT2D eigenvalue weighted by molar-refractivity contribution is 0.140. The fourth-order valence-electron chi connectivity index (χ4n) is 3.42. The summed E-state index contributed by atoms with van der Waals surface area (Å²) in [6.07, 6.45) is 9.37. The fraction of sp³-hybridized carbons (Fsp3) is 0.526. The maximum Gasteiger partial charge on any atom is 0.127 e. The monoisotopic (exact) mass is 314 g/mol. The summed E-state index contributed by atoms with van der Waals surface area (Å²) in [5.74, 6) is 0.985. The lowest BCUT2D eigenvalue weighted by Crippen LogP contribution is -2.37. The molecule has 1 aliphatic rings. The largest absolute Gasteiger partial charge is 0.490 e. The van der Waals surface area contributed by atoms with Gasteiger partial charge in [-0.15, -0.1) is 0 Å². The molecule has 23 heavy (non-hydrogen) atoms. The molecule has 0 atom stereocenters. The Morgan fingerprint density at radius 3 is 2.83 bits per heavy atom. The van der Waals surface area contributed by atoms with Gasteiger partial charge in [-0.25, -0.2) is 0 Å². The molecule has 4 heteroatoms. The summed E-state index contributed by atoms with van der Waals surface area (Å²) in [5, 5.41) is 14.7. The van der Waals surface area contributed by atoms with Gasteiger partial charge >= 0.3 is 0 Å². The lowest BCUT2D eigenvalue weighted by Gasteiger charge is -2.30. The average molecular weight is 314 g/mol. The number of nitrogens with one attached hydrogen (secondary N) is 1. The summed E-state index contributed by atoms with van der Waals surface area (Å²) in [4.78, 5) is 4.26. The van der Waals surface area contributed by atoms with Gasteiger partial charge in [0.05, 0.1) is 6.10 Å². The van der Waals surface area contributed by atoms with Crippen molar-refractivity contribution in [2.45, 2.75) is 51.2 Å². The molecule has 2 aromatic rings. The van der Waals surface area contributed by atoms with Gasteiger partial charge < -0.3 is 15.2 Å². The molecule has 1 aromatic carbocycles. The number of benzene rings is 1. The minimum atomic E-state index is 0.265. The van der Waals surface area contributed by atoms with Gasteiger partial charge in [0.25, 0.3) is 0 Å². The Kier molecular flexibility index (Phi) is 5.47. The second-order valence-corrected chi connectivity index (χ2v) is 6.43. The van der Waals surface area contributed by atoms with Crippen molar-refractivity contribution in [1.82, 2.24) is 10.3 Å². The third-order valence-corrected chi connectivity index (χ3v) is 4.67. The van der Waals surface area contributed by atoms with E-state index in [0.717, 1.165) is 55.3 Å². The zero-order valence-corrected chi connectivity index (χ0v) is 13.8. The minimum Gasteiger partial charge on any atom is -0.490 e. The highest BCUT2D eigenvalue weighted by atomic mass is 16.5.